The summed E-state index contributed by atoms with van der Waals surface area (Å²) in [7, 11) is -5.67. The zero-order valence-corrected chi connectivity index (χ0v) is 15.5. The maximum absolute atomic E-state index is 14.5. The molecule has 20 heavy (non-hydrogen) atoms. The fraction of sp³-hybridized carbons (Fsp3) is 1.00. The second kappa shape index (κ2) is 5.73. The molecule has 0 amide bonds. The van der Waals surface area contributed by atoms with Crippen LogP contribution < -0.4 is 0 Å². The van der Waals surface area contributed by atoms with Gasteiger partial charge in [0, 0.05) is 6.42 Å². The molecule has 0 aliphatic carbocycles. The summed E-state index contributed by atoms with van der Waals surface area (Å²) in [5, 5.41) is -3.22. The van der Waals surface area contributed by atoms with Crippen LogP contribution in [0.4, 0.5) is 8.78 Å². The Morgan fingerprint density at radius 1 is 1.35 bits per heavy atom. The number of rotatable bonds is 6. The van der Waals surface area contributed by atoms with Gasteiger partial charge < -0.3 is 0 Å². The van der Waals surface area contributed by atoms with Crippen LogP contribution in [0.2, 0.25) is 0 Å². The number of unbranched alkanes of at least 4 members (excludes halogenated alkanes) is 2. The van der Waals surface area contributed by atoms with E-state index in [4.69, 9.17) is 0 Å². The summed E-state index contributed by atoms with van der Waals surface area (Å²) in [5.74, 6) is 0.215. The molecule has 0 saturated heterocycles. The number of hydrogen-bond acceptors (Lipinski definition) is 2. The van der Waals surface area contributed by atoms with Crippen molar-refractivity contribution in [2.24, 2.45) is 0 Å². The molecule has 2 rings (SSSR count). The van der Waals surface area contributed by atoms with Crippen LogP contribution in [0.15, 0.2) is 0 Å². The molecule has 0 N–H and O–H groups in total. The minimum atomic E-state index is -3.49. The van der Waals surface area contributed by atoms with Gasteiger partial charge >= 0.3 is 5.25 Å². The molecule has 0 saturated carbocycles. The molecule has 0 aromatic carbocycles. The minimum Gasteiger partial charge on any atom is -0.241 e. The Morgan fingerprint density at radius 2 is 2.00 bits per heavy atom. The number of hydrogen-bond donors (Lipinski definition) is 0. The van der Waals surface area contributed by atoms with Crippen LogP contribution in [0.25, 0.3) is 0 Å². The van der Waals surface area contributed by atoms with E-state index in [1.807, 2.05) is 13.6 Å². The van der Waals surface area contributed by atoms with Crippen molar-refractivity contribution >= 4 is 32.6 Å². The molecule has 0 radical (unpaired) electrons. The zero-order valence-electron chi connectivity index (χ0n) is 12.1. The standard InChI is InChI=1S/C11H22F2NO2P2S2/c1-4-6-7-8-11(12,13)20(16)14-10(9-17-20)18(3)19(14,15)5-2/h10H,4-9H2,1-3H3/q+1. The van der Waals surface area contributed by atoms with Crippen molar-refractivity contribution in [3.63, 3.8) is 0 Å². The van der Waals surface area contributed by atoms with E-state index in [9.17, 15) is 17.2 Å². The highest BCUT2D eigenvalue weighted by molar-refractivity contribution is 8.41. The fourth-order valence-electron chi connectivity index (χ4n) is 2.60. The molecular weight excluding hydrogens is 342 g/mol. The van der Waals surface area contributed by atoms with E-state index < -0.39 is 30.5 Å². The van der Waals surface area contributed by atoms with E-state index in [1.54, 1.807) is 6.92 Å². The summed E-state index contributed by atoms with van der Waals surface area (Å²) in [6.07, 6.45) is 2.09. The first-order valence-corrected chi connectivity index (χ1v) is 14.2. The molecule has 4 unspecified atom stereocenters. The maximum Gasteiger partial charge on any atom is 0.330 e. The predicted octanol–water partition coefficient (Wildman–Crippen LogP) is 4.12. The molecule has 118 valence electrons. The van der Waals surface area contributed by atoms with Gasteiger partial charge in [0.2, 0.25) is 5.78 Å². The lowest BCUT2D eigenvalue weighted by atomic mass is 10.2. The first-order valence-electron chi connectivity index (χ1n) is 6.89. The van der Waals surface area contributed by atoms with E-state index >= 15 is 0 Å². The minimum absolute atomic E-state index is 0.122. The Kier molecular flexibility index (Phi) is 4.90. The number of fused-ring (bicyclic) bond motifs is 1. The van der Waals surface area contributed by atoms with Crippen molar-refractivity contribution < 1.29 is 17.2 Å². The zero-order chi connectivity index (χ0) is 15.2. The van der Waals surface area contributed by atoms with Crippen molar-refractivity contribution in [1.82, 2.24) is 3.71 Å². The summed E-state index contributed by atoms with van der Waals surface area (Å²) < 4.78 is 55.9. The molecular formula is C11H22F2NO2P2S2+. The quantitative estimate of drug-likeness (QED) is 0.525. The van der Waals surface area contributed by atoms with Gasteiger partial charge in [-0.25, -0.2) is 8.42 Å². The Bertz CT molecular complexity index is 634. The van der Waals surface area contributed by atoms with E-state index in [1.165, 1.54) is 3.71 Å². The van der Waals surface area contributed by atoms with Crippen molar-refractivity contribution in [3.05, 3.63) is 0 Å². The normalized spacial score (nSPS) is 40.0. The van der Waals surface area contributed by atoms with Gasteiger partial charge in [0.1, 0.15) is 16.0 Å². The van der Waals surface area contributed by atoms with Crippen LogP contribution >= 0.6 is 14.1 Å². The molecule has 0 aromatic heterocycles. The van der Waals surface area contributed by atoms with E-state index in [2.05, 4.69) is 0 Å². The molecule has 2 aliphatic heterocycles. The van der Waals surface area contributed by atoms with E-state index in [0.29, 0.717) is 25.7 Å². The molecule has 4 atom stereocenters. The third kappa shape index (κ3) is 2.28. The van der Waals surface area contributed by atoms with Gasteiger partial charge in [0.25, 0.3) is 0 Å². The average Bonchev–Trinajstić information content (AvgIpc) is 2.75. The number of halogens is 2. The van der Waals surface area contributed by atoms with Gasteiger partial charge in [0.05, 0.1) is 11.9 Å². The third-order valence-electron chi connectivity index (χ3n) is 3.89. The topological polar surface area (TPSA) is 37.4 Å². The molecule has 2 aliphatic rings. The number of nitrogens with zero attached hydrogens (tertiary/aromatic N) is 1. The predicted molar refractivity (Wildman–Crippen MR) is 86.2 cm³/mol. The highest BCUT2D eigenvalue weighted by Gasteiger charge is 2.64. The van der Waals surface area contributed by atoms with Crippen molar-refractivity contribution in [2.75, 3.05) is 18.6 Å². The molecule has 0 fully saturated rings. The Morgan fingerprint density at radius 3 is 2.55 bits per heavy atom. The lowest BCUT2D eigenvalue weighted by Crippen LogP contribution is -2.52. The molecule has 3 nitrogen and oxygen atoms in total. The highest BCUT2D eigenvalue weighted by Crippen LogP contribution is 2.59. The average molecular weight is 364 g/mol. The van der Waals surface area contributed by atoms with Crippen molar-refractivity contribution in [3.8, 4) is 0 Å². The summed E-state index contributed by atoms with van der Waals surface area (Å²) in [6.45, 7) is 4.81. The van der Waals surface area contributed by atoms with E-state index in [0.717, 1.165) is 12.8 Å². The van der Waals surface area contributed by atoms with Gasteiger partial charge in [-0.15, -0.1) is 0 Å². The highest BCUT2D eigenvalue weighted by atomic mass is 32.6. The molecule has 9 heteroatoms. The lowest BCUT2D eigenvalue weighted by Gasteiger charge is -2.35. The Labute approximate surface area is 123 Å². The molecule has 0 bridgehead atoms. The SMILES string of the molecule is CCCCCC(F)(F)S1(=O)=PCC2N1S(=O)(CC)=[P+]2C. The van der Waals surface area contributed by atoms with Crippen LogP contribution in [0.3, 0.4) is 0 Å². The van der Waals surface area contributed by atoms with Crippen LogP contribution in [-0.2, 0) is 18.6 Å². The lowest BCUT2D eigenvalue weighted by molar-refractivity contribution is 0.0813. The summed E-state index contributed by atoms with van der Waals surface area (Å²) >= 11 is 0. The largest absolute Gasteiger partial charge is 0.330 e. The van der Waals surface area contributed by atoms with Gasteiger partial charge in [0.15, 0.2) is 16.0 Å². The van der Waals surface area contributed by atoms with Gasteiger partial charge in [-0.05, 0) is 20.7 Å². The van der Waals surface area contributed by atoms with Crippen LogP contribution in [0, 0.1) is 0 Å². The second-order valence-electron chi connectivity index (χ2n) is 5.11. The van der Waals surface area contributed by atoms with Crippen molar-refractivity contribution in [2.45, 2.75) is 50.6 Å². The molecule has 0 spiro atoms. The third-order valence-corrected chi connectivity index (χ3v) is 20.4. The first-order chi connectivity index (χ1) is 9.24. The number of alkyl halides is 2. The van der Waals surface area contributed by atoms with Gasteiger partial charge in [-0.2, -0.15) is 8.78 Å². The van der Waals surface area contributed by atoms with Crippen LogP contribution in [0.1, 0.15) is 39.5 Å². The first kappa shape index (κ1) is 17.1. The molecule has 2 heterocycles. The summed E-state index contributed by atoms with van der Waals surface area (Å²) in [4.78, 5) is 0. The van der Waals surface area contributed by atoms with Gasteiger partial charge in [-0.3, -0.25) is 0 Å². The summed E-state index contributed by atoms with van der Waals surface area (Å²) in [5.41, 5.74) is 0. The maximum atomic E-state index is 14.5. The second-order valence-corrected chi connectivity index (χ2v) is 17.5. The fourth-order valence-corrected chi connectivity index (χ4v) is 22.1. The smallest absolute Gasteiger partial charge is 0.241 e. The Hall–Kier alpha value is 0.720. The Balaban J connectivity index is 2.34. The van der Waals surface area contributed by atoms with E-state index in [-0.39, 0.29) is 12.2 Å². The molecule has 0 aromatic rings. The van der Waals surface area contributed by atoms with Crippen molar-refractivity contribution in [1.29, 1.82) is 0 Å². The van der Waals surface area contributed by atoms with Gasteiger partial charge in [-0.1, -0.05) is 23.5 Å². The summed E-state index contributed by atoms with van der Waals surface area (Å²) in [6, 6.07) is 0. The van der Waals surface area contributed by atoms with Crippen LogP contribution in [0.5, 0.6) is 0 Å². The monoisotopic (exact) mass is 364 g/mol. The van der Waals surface area contributed by atoms with Crippen LogP contribution in [-0.4, -0.2) is 41.7 Å².